The Kier molecular flexibility index (Phi) is 3.44. The van der Waals surface area contributed by atoms with Crippen LogP contribution in [0.1, 0.15) is 12.7 Å². The maximum atomic E-state index is 5.28. The molecule has 0 unspecified atom stereocenters. The molecule has 1 aromatic carbocycles. The third-order valence-electron chi connectivity index (χ3n) is 1.91. The van der Waals surface area contributed by atoms with Crippen LogP contribution in [0.2, 0.25) is 0 Å². The molecule has 0 bridgehead atoms. The first kappa shape index (κ1) is 10.3. The van der Waals surface area contributed by atoms with Gasteiger partial charge in [0.1, 0.15) is 0 Å². The third kappa shape index (κ3) is 3.12. The van der Waals surface area contributed by atoms with Gasteiger partial charge in [0.15, 0.2) is 0 Å². The van der Waals surface area contributed by atoms with Crippen molar-refractivity contribution >= 4 is 25.5 Å². The Morgan fingerprint density at radius 3 is 2.60 bits per heavy atom. The van der Waals surface area contributed by atoms with E-state index < -0.39 is 0 Å². The van der Waals surface area contributed by atoms with Crippen molar-refractivity contribution in [3.8, 4) is 0 Å². The van der Waals surface area contributed by atoms with Gasteiger partial charge < -0.3 is 0 Å². The van der Waals surface area contributed by atoms with Crippen molar-refractivity contribution in [2.75, 3.05) is 0 Å². The van der Waals surface area contributed by atoms with Gasteiger partial charge in [-0.2, -0.15) is 0 Å². The van der Waals surface area contributed by atoms with E-state index in [1.54, 1.807) is 6.26 Å². The Hall–Kier alpha value is -1.24. The number of benzene rings is 1. The maximum absolute atomic E-state index is 5.28. The Labute approximate surface area is 96.0 Å². The number of hydrogen-bond donors (Lipinski definition) is 0. The summed E-state index contributed by atoms with van der Waals surface area (Å²) in [6, 6.07) is 14.4. The van der Waals surface area contributed by atoms with Crippen LogP contribution in [0.5, 0.6) is 0 Å². The molecule has 1 heterocycles. The number of allylic oxidation sites excluding steroid dienone is 1. The van der Waals surface area contributed by atoms with Gasteiger partial charge in [0.2, 0.25) is 0 Å². The molecule has 1 nitrogen and oxygen atoms in total. The van der Waals surface area contributed by atoms with Crippen LogP contribution in [0.25, 0.3) is 6.08 Å². The van der Waals surface area contributed by atoms with Crippen molar-refractivity contribution in [1.82, 2.24) is 0 Å². The summed E-state index contributed by atoms with van der Waals surface area (Å²) in [6.07, 6.45) is 3.81. The quantitative estimate of drug-likeness (QED) is 0.776. The molecule has 0 aliphatic heterocycles. The molecule has 2 heteroatoms. The van der Waals surface area contributed by atoms with E-state index in [1.165, 1.54) is 8.93 Å². The number of rotatable bonds is 3. The average Bonchev–Trinajstić information content (AvgIpc) is 2.71. The van der Waals surface area contributed by atoms with E-state index in [0.717, 1.165) is 5.76 Å². The van der Waals surface area contributed by atoms with Crippen LogP contribution in [-0.4, -0.2) is 15.0 Å². The standard InChI is InChI=1S/C13H12OSe/c1-11(10-12-6-5-9-14-12)15-13-7-3-2-4-8-13/h2-10H,1H3/b11-10-. The molecule has 2 aromatic rings. The minimum atomic E-state index is 0.397. The van der Waals surface area contributed by atoms with Gasteiger partial charge in [-0.25, -0.2) is 0 Å². The first-order valence-electron chi connectivity index (χ1n) is 4.79. The van der Waals surface area contributed by atoms with Crippen LogP contribution in [0.4, 0.5) is 0 Å². The first-order chi connectivity index (χ1) is 7.34. The fourth-order valence-corrected chi connectivity index (χ4v) is 3.04. The second-order valence-corrected chi connectivity index (χ2v) is 5.95. The Bertz CT molecular complexity index is 429. The number of hydrogen-bond acceptors (Lipinski definition) is 1. The number of furan rings is 1. The molecule has 76 valence electrons. The molecule has 0 fully saturated rings. The van der Waals surface area contributed by atoms with E-state index >= 15 is 0 Å². The molecule has 15 heavy (non-hydrogen) atoms. The summed E-state index contributed by atoms with van der Waals surface area (Å²) in [5.41, 5.74) is 0. The van der Waals surface area contributed by atoms with Gasteiger partial charge in [0.05, 0.1) is 0 Å². The predicted octanol–water partition coefficient (Wildman–Crippen LogP) is 2.67. The third-order valence-corrected chi connectivity index (χ3v) is 3.90. The Morgan fingerprint density at radius 1 is 1.13 bits per heavy atom. The second-order valence-electron chi connectivity index (χ2n) is 3.19. The normalized spacial score (nSPS) is 11.7. The fourth-order valence-electron chi connectivity index (χ4n) is 1.28. The van der Waals surface area contributed by atoms with Crippen LogP contribution < -0.4 is 4.46 Å². The van der Waals surface area contributed by atoms with Crippen molar-refractivity contribution in [2.24, 2.45) is 0 Å². The van der Waals surface area contributed by atoms with E-state index in [-0.39, 0.29) is 0 Å². The molecule has 2 rings (SSSR count). The van der Waals surface area contributed by atoms with Crippen molar-refractivity contribution in [3.63, 3.8) is 0 Å². The first-order valence-corrected chi connectivity index (χ1v) is 6.50. The van der Waals surface area contributed by atoms with Crippen molar-refractivity contribution < 1.29 is 4.42 Å². The van der Waals surface area contributed by atoms with Crippen LogP contribution in [-0.2, 0) is 0 Å². The molecule has 0 saturated carbocycles. The van der Waals surface area contributed by atoms with Gasteiger partial charge in [0, 0.05) is 0 Å². The Balaban J connectivity index is 2.07. The minimum absolute atomic E-state index is 0.397. The van der Waals surface area contributed by atoms with Crippen LogP contribution in [0, 0.1) is 0 Å². The van der Waals surface area contributed by atoms with Crippen LogP contribution in [0.3, 0.4) is 0 Å². The zero-order chi connectivity index (χ0) is 10.5. The van der Waals surface area contributed by atoms with E-state index in [2.05, 4.69) is 37.3 Å². The summed E-state index contributed by atoms with van der Waals surface area (Å²) in [6.45, 7) is 2.15. The van der Waals surface area contributed by atoms with Crippen molar-refractivity contribution in [2.45, 2.75) is 6.92 Å². The van der Waals surface area contributed by atoms with Gasteiger partial charge in [0.25, 0.3) is 0 Å². The molecule has 0 amide bonds. The molecule has 0 atom stereocenters. The van der Waals surface area contributed by atoms with Crippen molar-refractivity contribution in [1.29, 1.82) is 0 Å². The van der Waals surface area contributed by atoms with Crippen molar-refractivity contribution in [3.05, 3.63) is 59.0 Å². The van der Waals surface area contributed by atoms with E-state index in [9.17, 15) is 0 Å². The van der Waals surface area contributed by atoms with E-state index in [4.69, 9.17) is 4.42 Å². The summed E-state index contributed by atoms with van der Waals surface area (Å²) in [5, 5.41) is 0. The topological polar surface area (TPSA) is 13.1 Å². The predicted molar refractivity (Wildman–Crippen MR) is 64.2 cm³/mol. The van der Waals surface area contributed by atoms with Gasteiger partial charge in [-0.3, -0.25) is 0 Å². The van der Waals surface area contributed by atoms with Gasteiger partial charge in [-0.05, 0) is 0 Å². The summed E-state index contributed by atoms with van der Waals surface area (Å²) >= 11 is 0.397. The van der Waals surface area contributed by atoms with Gasteiger partial charge in [-0.1, -0.05) is 0 Å². The zero-order valence-corrected chi connectivity index (χ0v) is 10.2. The molecule has 1 aromatic heterocycles. The van der Waals surface area contributed by atoms with E-state index in [1.807, 2.05) is 18.2 Å². The van der Waals surface area contributed by atoms with Gasteiger partial charge in [-0.15, -0.1) is 0 Å². The summed E-state index contributed by atoms with van der Waals surface area (Å²) in [7, 11) is 0. The zero-order valence-electron chi connectivity index (χ0n) is 8.51. The van der Waals surface area contributed by atoms with E-state index in [0.29, 0.717) is 15.0 Å². The van der Waals surface area contributed by atoms with Crippen LogP contribution in [0.15, 0.2) is 57.6 Å². The summed E-state index contributed by atoms with van der Waals surface area (Å²) < 4.78 is 8.03. The second kappa shape index (κ2) is 5.01. The molecule has 0 aliphatic rings. The molecule has 0 saturated heterocycles. The SMILES string of the molecule is C/C(=C/c1ccco1)[Se]c1ccccc1. The molecular weight excluding hydrogens is 251 g/mol. The molecular formula is C13H12OSe. The summed E-state index contributed by atoms with van der Waals surface area (Å²) in [5.74, 6) is 0.935. The van der Waals surface area contributed by atoms with Crippen LogP contribution >= 0.6 is 0 Å². The average molecular weight is 263 g/mol. The molecule has 0 radical (unpaired) electrons. The Morgan fingerprint density at radius 2 is 1.93 bits per heavy atom. The molecule has 0 spiro atoms. The van der Waals surface area contributed by atoms with Gasteiger partial charge >= 0.3 is 95.8 Å². The monoisotopic (exact) mass is 264 g/mol. The molecule has 0 N–H and O–H groups in total. The molecule has 0 aliphatic carbocycles. The fraction of sp³-hybridized carbons (Fsp3) is 0.0769. The summed E-state index contributed by atoms with van der Waals surface area (Å²) in [4.78, 5) is 0.